The molecule has 0 saturated carbocycles. The molecule has 0 heterocycles. The van der Waals surface area contributed by atoms with Crippen molar-refractivity contribution in [2.24, 2.45) is 0 Å². The van der Waals surface area contributed by atoms with Crippen molar-refractivity contribution in [2.45, 2.75) is 18.2 Å². The highest BCUT2D eigenvalue weighted by Crippen LogP contribution is 2.18. The summed E-state index contributed by atoms with van der Waals surface area (Å²) in [6.45, 7) is 6.57. The van der Waals surface area contributed by atoms with Crippen molar-refractivity contribution in [3.05, 3.63) is 36.4 Å². The van der Waals surface area contributed by atoms with Crippen LogP contribution in [0.2, 0.25) is 0 Å². The van der Waals surface area contributed by atoms with Crippen molar-refractivity contribution in [1.29, 1.82) is 0 Å². The van der Waals surface area contributed by atoms with E-state index in [2.05, 4.69) is 6.58 Å². The lowest BCUT2D eigenvalue weighted by Gasteiger charge is -2.20. The molecule has 110 valence electrons. The van der Waals surface area contributed by atoms with Crippen molar-refractivity contribution in [3.63, 3.8) is 0 Å². The van der Waals surface area contributed by atoms with E-state index in [1.54, 1.807) is 11.0 Å². The minimum Gasteiger partial charge on any atom is -0.399 e. The molecule has 1 amide bonds. The SMILES string of the molecule is C=CCN(CCC)C(=O)c1cc(N)cc(S(C)(=O)=O)c1. The van der Waals surface area contributed by atoms with Gasteiger partial charge in [0.2, 0.25) is 0 Å². The van der Waals surface area contributed by atoms with Gasteiger partial charge in [-0.05, 0) is 24.6 Å². The predicted octanol–water partition coefficient (Wildman–Crippen LogP) is 1.71. The standard InChI is InChI=1S/C14H20N2O3S/c1-4-6-16(7-5-2)14(17)11-8-12(15)10-13(9-11)20(3,18)19/h4,8-10H,1,5-7,15H2,2-3H3. The molecule has 0 radical (unpaired) electrons. The average molecular weight is 296 g/mol. The average Bonchev–Trinajstić information content (AvgIpc) is 2.36. The van der Waals surface area contributed by atoms with Gasteiger partial charge in [-0.2, -0.15) is 0 Å². The van der Waals surface area contributed by atoms with Gasteiger partial charge < -0.3 is 10.6 Å². The topological polar surface area (TPSA) is 80.5 Å². The Kier molecular flexibility index (Phi) is 5.33. The van der Waals surface area contributed by atoms with Crippen LogP contribution >= 0.6 is 0 Å². The molecule has 0 atom stereocenters. The molecule has 20 heavy (non-hydrogen) atoms. The second-order valence-electron chi connectivity index (χ2n) is 4.60. The van der Waals surface area contributed by atoms with E-state index in [0.717, 1.165) is 12.7 Å². The van der Waals surface area contributed by atoms with Crippen molar-refractivity contribution >= 4 is 21.4 Å². The van der Waals surface area contributed by atoms with Crippen molar-refractivity contribution in [3.8, 4) is 0 Å². The van der Waals surface area contributed by atoms with Gasteiger partial charge in [-0.1, -0.05) is 13.0 Å². The van der Waals surface area contributed by atoms with Gasteiger partial charge in [0.25, 0.3) is 5.91 Å². The first-order valence-electron chi connectivity index (χ1n) is 6.30. The highest BCUT2D eigenvalue weighted by atomic mass is 32.2. The van der Waals surface area contributed by atoms with E-state index in [0.29, 0.717) is 13.1 Å². The number of benzene rings is 1. The number of hydrogen-bond acceptors (Lipinski definition) is 4. The van der Waals surface area contributed by atoms with Crippen LogP contribution in [0.1, 0.15) is 23.7 Å². The molecule has 6 heteroatoms. The largest absolute Gasteiger partial charge is 0.399 e. The lowest BCUT2D eigenvalue weighted by molar-refractivity contribution is 0.0774. The summed E-state index contributed by atoms with van der Waals surface area (Å²) in [5.41, 5.74) is 6.22. The molecule has 0 saturated heterocycles. The Balaban J connectivity index is 3.21. The Morgan fingerprint density at radius 2 is 2.05 bits per heavy atom. The number of nitrogens with two attached hydrogens (primary N) is 1. The minimum absolute atomic E-state index is 0.0518. The molecule has 0 unspecified atom stereocenters. The number of carbonyl (C=O) groups is 1. The third kappa shape index (κ3) is 4.09. The number of carbonyl (C=O) groups excluding carboxylic acids is 1. The number of nitrogens with zero attached hydrogens (tertiary/aromatic N) is 1. The fraction of sp³-hybridized carbons (Fsp3) is 0.357. The minimum atomic E-state index is -3.40. The monoisotopic (exact) mass is 296 g/mol. The molecule has 0 fully saturated rings. The van der Waals surface area contributed by atoms with Gasteiger partial charge >= 0.3 is 0 Å². The van der Waals surface area contributed by atoms with Crippen LogP contribution in [0.25, 0.3) is 0 Å². The smallest absolute Gasteiger partial charge is 0.254 e. The van der Waals surface area contributed by atoms with E-state index in [1.807, 2.05) is 6.92 Å². The second kappa shape index (κ2) is 6.56. The molecule has 0 bridgehead atoms. The van der Waals surface area contributed by atoms with Crippen LogP contribution in [0.3, 0.4) is 0 Å². The second-order valence-corrected chi connectivity index (χ2v) is 6.62. The Morgan fingerprint density at radius 3 is 2.55 bits per heavy atom. The molecule has 1 rings (SSSR count). The predicted molar refractivity (Wildman–Crippen MR) is 80.4 cm³/mol. The summed E-state index contributed by atoms with van der Waals surface area (Å²) >= 11 is 0. The summed E-state index contributed by atoms with van der Waals surface area (Å²) in [7, 11) is -3.40. The zero-order valence-electron chi connectivity index (χ0n) is 11.8. The summed E-state index contributed by atoms with van der Waals surface area (Å²) in [6.07, 6.45) is 3.53. The van der Waals surface area contributed by atoms with Crippen LogP contribution in [0.5, 0.6) is 0 Å². The van der Waals surface area contributed by atoms with Crippen molar-refractivity contribution in [1.82, 2.24) is 4.90 Å². The van der Waals surface area contributed by atoms with E-state index in [-0.39, 0.29) is 22.1 Å². The lowest BCUT2D eigenvalue weighted by atomic mass is 10.1. The molecular weight excluding hydrogens is 276 g/mol. The summed E-state index contributed by atoms with van der Waals surface area (Å²) in [5, 5.41) is 0. The summed E-state index contributed by atoms with van der Waals surface area (Å²) < 4.78 is 23.2. The van der Waals surface area contributed by atoms with Gasteiger partial charge in [-0.3, -0.25) is 4.79 Å². The number of rotatable bonds is 6. The number of nitrogen functional groups attached to an aromatic ring is 1. The molecule has 0 aliphatic carbocycles. The van der Waals surface area contributed by atoms with Gasteiger partial charge in [0, 0.05) is 30.6 Å². The number of amides is 1. The third-order valence-electron chi connectivity index (χ3n) is 2.73. The summed E-state index contributed by atoms with van der Waals surface area (Å²) in [5.74, 6) is -0.246. The molecule has 0 aromatic heterocycles. The van der Waals surface area contributed by atoms with Crippen LogP contribution < -0.4 is 5.73 Å². The fourth-order valence-electron chi connectivity index (χ4n) is 1.84. The van der Waals surface area contributed by atoms with Gasteiger partial charge in [0.05, 0.1) is 4.90 Å². The summed E-state index contributed by atoms with van der Waals surface area (Å²) in [4.78, 5) is 14.0. The molecule has 1 aromatic rings. The Labute approximate surface area is 120 Å². The first-order chi connectivity index (χ1) is 9.29. The van der Waals surface area contributed by atoms with E-state index in [9.17, 15) is 13.2 Å². The van der Waals surface area contributed by atoms with Crippen LogP contribution in [0.4, 0.5) is 5.69 Å². The molecule has 1 aromatic carbocycles. The maximum absolute atomic E-state index is 12.4. The van der Waals surface area contributed by atoms with Crippen molar-refractivity contribution in [2.75, 3.05) is 25.1 Å². The third-order valence-corrected chi connectivity index (χ3v) is 3.83. The van der Waals surface area contributed by atoms with Crippen molar-refractivity contribution < 1.29 is 13.2 Å². The molecule has 0 aliphatic heterocycles. The number of anilines is 1. The highest BCUT2D eigenvalue weighted by Gasteiger charge is 2.17. The first-order valence-corrected chi connectivity index (χ1v) is 8.19. The Bertz CT molecular complexity index is 609. The molecule has 0 spiro atoms. The van der Waals surface area contributed by atoms with E-state index >= 15 is 0 Å². The van der Waals surface area contributed by atoms with Gasteiger partial charge in [-0.15, -0.1) is 6.58 Å². The van der Waals surface area contributed by atoms with E-state index in [1.165, 1.54) is 18.2 Å². The highest BCUT2D eigenvalue weighted by molar-refractivity contribution is 7.90. The first kappa shape index (κ1) is 16.2. The van der Waals surface area contributed by atoms with Crippen LogP contribution in [-0.2, 0) is 9.84 Å². The summed E-state index contributed by atoms with van der Waals surface area (Å²) in [6, 6.07) is 4.20. The zero-order valence-corrected chi connectivity index (χ0v) is 12.6. The molecule has 2 N–H and O–H groups in total. The molecular formula is C14H20N2O3S. The fourth-order valence-corrected chi connectivity index (χ4v) is 2.53. The molecule has 0 aliphatic rings. The molecule has 5 nitrogen and oxygen atoms in total. The van der Waals surface area contributed by atoms with Gasteiger partial charge in [0.15, 0.2) is 9.84 Å². The maximum Gasteiger partial charge on any atom is 0.254 e. The van der Waals surface area contributed by atoms with Gasteiger partial charge in [0.1, 0.15) is 0 Å². The zero-order chi connectivity index (χ0) is 15.3. The van der Waals surface area contributed by atoms with Crippen LogP contribution in [0, 0.1) is 0 Å². The van der Waals surface area contributed by atoms with Crippen LogP contribution in [-0.4, -0.2) is 38.6 Å². The number of hydrogen-bond donors (Lipinski definition) is 1. The number of sulfone groups is 1. The van der Waals surface area contributed by atoms with Gasteiger partial charge in [-0.25, -0.2) is 8.42 Å². The quantitative estimate of drug-likeness (QED) is 0.640. The Morgan fingerprint density at radius 1 is 1.40 bits per heavy atom. The maximum atomic E-state index is 12.4. The van der Waals surface area contributed by atoms with E-state index in [4.69, 9.17) is 5.73 Å². The normalized spacial score (nSPS) is 11.1. The lowest BCUT2D eigenvalue weighted by Crippen LogP contribution is -2.32. The van der Waals surface area contributed by atoms with Crippen LogP contribution in [0.15, 0.2) is 35.7 Å². The van der Waals surface area contributed by atoms with E-state index < -0.39 is 9.84 Å². The Hall–Kier alpha value is -1.82.